The molecule has 0 aliphatic carbocycles. The summed E-state index contributed by atoms with van der Waals surface area (Å²) < 4.78 is 15.4. The van der Waals surface area contributed by atoms with Gasteiger partial charge in [0.1, 0.15) is 19.0 Å². The topological polar surface area (TPSA) is 73.9 Å². The Bertz CT molecular complexity index is 840. The number of hydrogen-bond donors (Lipinski definition) is 1. The summed E-state index contributed by atoms with van der Waals surface area (Å²) in [6.07, 6.45) is -1.43. The Labute approximate surface area is 162 Å². The zero-order chi connectivity index (χ0) is 19.6. The van der Waals surface area contributed by atoms with E-state index in [1.165, 1.54) is 6.07 Å². The van der Waals surface area contributed by atoms with Gasteiger partial charge in [0.2, 0.25) is 0 Å². The monoisotopic (exact) mass is 377 g/mol. The van der Waals surface area contributed by atoms with Crippen LogP contribution in [0.5, 0.6) is 5.75 Å². The Hall–Kier alpha value is -3.80. The van der Waals surface area contributed by atoms with Crippen molar-refractivity contribution in [2.75, 3.05) is 5.32 Å². The number of carbonyl (C=O) groups excluding carboxylic acids is 2. The van der Waals surface area contributed by atoms with Crippen LogP contribution in [0.15, 0.2) is 84.9 Å². The Morgan fingerprint density at radius 1 is 0.714 bits per heavy atom. The molecule has 6 nitrogen and oxygen atoms in total. The second-order valence-corrected chi connectivity index (χ2v) is 5.84. The van der Waals surface area contributed by atoms with E-state index in [-0.39, 0.29) is 19.0 Å². The lowest BCUT2D eigenvalue weighted by Gasteiger charge is -2.09. The maximum absolute atomic E-state index is 11.9. The van der Waals surface area contributed by atoms with E-state index in [1.54, 1.807) is 18.2 Å². The van der Waals surface area contributed by atoms with E-state index in [0.717, 1.165) is 11.1 Å². The summed E-state index contributed by atoms with van der Waals surface area (Å²) in [4.78, 5) is 23.7. The lowest BCUT2D eigenvalue weighted by molar-refractivity contribution is 0.0928. The minimum Gasteiger partial charge on any atom is -0.444 e. The molecule has 0 atom stereocenters. The third kappa shape index (κ3) is 6.17. The zero-order valence-electron chi connectivity index (χ0n) is 15.0. The fraction of sp³-hybridized carbons (Fsp3) is 0.0909. The highest BCUT2D eigenvalue weighted by Gasteiger charge is 2.09. The Morgan fingerprint density at radius 3 is 1.96 bits per heavy atom. The van der Waals surface area contributed by atoms with Crippen LogP contribution < -0.4 is 10.1 Å². The van der Waals surface area contributed by atoms with Crippen LogP contribution in [0.1, 0.15) is 11.1 Å². The molecule has 0 aliphatic rings. The summed E-state index contributed by atoms with van der Waals surface area (Å²) in [5, 5.41) is 2.59. The Balaban J connectivity index is 1.47. The fourth-order valence-corrected chi connectivity index (χ4v) is 2.36. The number of rotatable bonds is 6. The molecule has 0 saturated heterocycles. The van der Waals surface area contributed by atoms with Gasteiger partial charge in [-0.2, -0.15) is 0 Å². The van der Waals surface area contributed by atoms with Crippen LogP contribution in [0.3, 0.4) is 0 Å². The van der Waals surface area contributed by atoms with Crippen molar-refractivity contribution < 1.29 is 23.8 Å². The van der Waals surface area contributed by atoms with Crippen LogP contribution in [0, 0.1) is 0 Å². The standard InChI is InChI=1S/C22H19NO5/c24-21(26-15-17-8-3-1-4-9-17)23-19-12-7-13-20(14-19)28-22(25)27-16-18-10-5-2-6-11-18/h1-14H,15-16H2,(H,23,24). The number of nitrogens with one attached hydrogen (secondary N) is 1. The van der Waals surface area contributed by atoms with Gasteiger partial charge in [0.15, 0.2) is 0 Å². The van der Waals surface area contributed by atoms with Gasteiger partial charge >= 0.3 is 12.2 Å². The van der Waals surface area contributed by atoms with E-state index in [2.05, 4.69) is 5.32 Å². The van der Waals surface area contributed by atoms with Crippen molar-refractivity contribution in [3.05, 3.63) is 96.1 Å². The average Bonchev–Trinajstić information content (AvgIpc) is 2.72. The summed E-state index contributed by atoms with van der Waals surface area (Å²) in [7, 11) is 0. The van der Waals surface area contributed by atoms with Crippen LogP contribution >= 0.6 is 0 Å². The molecule has 6 heteroatoms. The van der Waals surface area contributed by atoms with Crippen molar-refractivity contribution in [1.29, 1.82) is 0 Å². The first-order valence-electron chi connectivity index (χ1n) is 8.65. The molecule has 1 amide bonds. The number of ether oxygens (including phenoxy) is 3. The molecule has 0 aromatic heterocycles. The highest BCUT2D eigenvalue weighted by molar-refractivity contribution is 5.85. The predicted octanol–water partition coefficient (Wildman–Crippen LogP) is 5.15. The minimum atomic E-state index is -0.826. The molecule has 0 unspecified atom stereocenters. The molecule has 0 bridgehead atoms. The van der Waals surface area contributed by atoms with E-state index < -0.39 is 12.2 Å². The first-order chi connectivity index (χ1) is 13.7. The van der Waals surface area contributed by atoms with Crippen LogP contribution in [0.2, 0.25) is 0 Å². The second-order valence-electron chi connectivity index (χ2n) is 5.84. The summed E-state index contributed by atoms with van der Waals surface area (Å²) in [5.74, 6) is 0.249. The van der Waals surface area contributed by atoms with Gasteiger partial charge in [-0.3, -0.25) is 5.32 Å². The van der Waals surface area contributed by atoms with Crippen molar-refractivity contribution in [2.45, 2.75) is 13.2 Å². The first kappa shape index (κ1) is 19.0. The van der Waals surface area contributed by atoms with Crippen molar-refractivity contribution in [1.82, 2.24) is 0 Å². The third-order valence-electron chi connectivity index (χ3n) is 3.69. The summed E-state index contributed by atoms with van der Waals surface area (Å²) >= 11 is 0. The Morgan fingerprint density at radius 2 is 1.32 bits per heavy atom. The maximum atomic E-state index is 11.9. The molecule has 3 aromatic carbocycles. The molecule has 0 fully saturated rings. The van der Waals surface area contributed by atoms with Gasteiger partial charge in [-0.1, -0.05) is 66.7 Å². The van der Waals surface area contributed by atoms with E-state index in [1.807, 2.05) is 60.7 Å². The smallest absolute Gasteiger partial charge is 0.444 e. The molecule has 3 rings (SSSR count). The molecule has 1 N–H and O–H groups in total. The first-order valence-corrected chi connectivity index (χ1v) is 8.65. The van der Waals surface area contributed by atoms with E-state index in [9.17, 15) is 9.59 Å². The fourth-order valence-electron chi connectivity index (χ4n) is 2.36. The highest BCUT2D eigenvalue weighted by Crippen LogP contribution is 2.18. The van der Waals surface area contributed by atoms with Gasteiger partial charge in [0.05, 0.1) is 0 Å². The van der Waals surface area contributed by atoms with Gasteiger partial charge in [-0.05, 0) is 23.3 Å². The van der Waals surface area contributed by atoms with Crippen molar-refractivity contribution in [3.63, 3.8) is 0 Å². The van der Waals surface area contributed by atoms with Crippen LogP contribution in [0.4, 0.5) is 15.3 Å². The van der Waals surface area contributed by atoms with Crippen LogP contribution in [-0.2, 0) is 22.7 Å². The number of benzene rings is 3. The third-order valence-corrected chi connectivity index (χ3v) is 3.69. The molecule has 3 aromatic rings. The van der Waals surface area contributed by atoms with Crippen molar-refractivity contribution in [2.24, 2.45) is 0 Å². The van der Waals surface area contributed by atoms with E-state index in [0.29, 0.717) is 5.69 Å². The summed E-state index contributed by atoms with van der Waals surface area (Å²) in [5.41, 5.74) is 2.18. The van der Waals surface area contributed by atoms with E-state index >= 15 is 0 Å². The predicted molar refractivity (Wildman–Crippen MR) is 104 cm³/mol. The number of hydrogen-bond acceptors (Lipinski definition) is 5. The maximum Gasteiger partial charge on any atom is 0.514 e. The normalized spacial score (nSPS) is 10.0. The van der Waals surface area contributed by atoms with Gasteiger partial charge in [0.25, 0.3) is 0 Å². The largest absolute Gasteiger partial charge is 0.514 e. The molecular formula is C22H19NO5. The van der Waals surface area contributed by atoms with Gasteiger partial charge in [0, 0.05) is 11.8 Å². The van der Waals surface area contributed by atoms with Gasteiger partial charge in [-0.15, -0.1) is 0 Å². The molecule has 0 heterocycles. The molecule has 0 spiro atoms. The second kappa shape index (κ2) is 9.78. The average molecular weight is 377 g/mol. The molecule has 0 saturated carbocycles. The molecular weight excluding hydrogens is 358 g/mol. The minimum absolute atomic E-state index is 0.115. The van der Waals surface area contributed by atoms with E-state index in [4.69, 9.17) is 14.2 Å². The van der Waals surface area contributed by atoms with Crippen molar-refractivity contribution >= 4 is 17.9 Å². The number of amides is 1. The Kier molecular flexibility index (Phi) is 6.62. The number of anilines is 1. The van der Waals surface area contributed by atoms with Gasteiger partial charge in [-0.25, -0.2) is 9.59 Å². The molecule has 28 heavy (non-hydrogen) atoms. The van der Waals surface area contributed by atoms with Gasteiger partial charge < -0.3 is 14.2 Å². The molecule has 142 valence electrons. The van der Waals surface area contributed by atoms with Crippen LogP contribution in [-0.4, -0.2) is 12.2 Å². The summed E-state index contributed by atoms with van der Waals surface area (Å²) in [6, 6.07) is 25.0. The lowest BCUT2D eigenvalue weighted by Crippen LogP contribution is -2.14. The SMILES string of the molecule is O=C(Nc1cccc(OC(=O)OCc2ccccc2)c1)OCc1ccccc1. The number of carbonyl (C=O) groups is 2. The molecule has 0 radical (unpaired) electrons. The molecule has 0 aliphatic heterocycles. The van der Waals surface area contributed by atoms with Crippen LogP contribution in [0.25, 0.3) is 0 Å². The highest BCUT2D eigenvalue weighted by atomic mass is 16.7. The summed E-state index contributed by atoms with van der Waals surface area (Å²) in [6.45, 7) is 0.276. The zero-order valence-corrected chi connectivity index (χ0v) is 15.0. The lowest BCUT2D eigenvalue weighted by atomic mass is 10.2. The quantitative estimate of drug-likeness (QED) is 0.475. The van der Waals surface area contributed by atoms with Crippen molar-refractivity contribution in [3.8, 4) is 5.75 Å².